The molecule has 1 rings (SSSR count). The van der Waals surface area contributed by atoms with Crippen LogP contribution in [0.25, 0.3) is 0 Å². The molecular weight excluding hydrogens is 226 g/mol. The average Bonchev–Trinajstić information content (AvgIpc) is 2.16. The summed E-state index contributed by atoms with van der Waals surface area (Å²) in [6.45, 7) is 1.92. The minimum Gasteiger partial charge on any atom is -0.303 e. The van der Waals surface area contributed by atoms with Gasteiger partial charge in [0.05, 0.1) is 6.26 Å². The summed E-state index contributed by atoms with van der Waals surface area (Å²) in [5, 5.41) is 0. The van der Waals surface area contributed by atoms with Crippen molar-refractivity contribution >= 4 is 22.0 Å². The fourth-order valence-electron chi connectivity index (χ4n) is 1.40. The van der Waals surface area contributed by atoms with Crippen molar-refractivity contribution in [2.45, 2.75) is 19.3 Å². The molecule has 0 radical (unpaired) electrons. The Kier molecular flexibility index (Phi) is 4.06. The van der Waals surface area contributed by atoms with Crippen molar-refractivity contribution in [1.82, 2.24) is 0 Å². The van der Waals surface area contributed by atoms with Crippen LogP contribution < -0.4 is 4.72 Å². The van der Waals surface area contributed by atoms with Gasteiger partial charge in [-0.15, -0.1) is 0 Å². The highest BCUT2D eigenvalue weighted by Gasteiger charge is 2.07. The molecule has 1 N–H and O–H groups in total. The Balaban J connectivity index is 2.90. The number of hydrogen-bond donors (Lipinski definition) is 1. The maximum Gasteiger partial charge on any atom is 0.229 e. The number of anilines is 1. The van der Waals surface area contributed by atoms with Crippen molar-refractivity contribution in [3.8, 4) is 0 Å². The van der Waals surface area contributed by atoms with Gasteiger partial charge in [0.15, 0.2) is 0 Å². The first-order valence-electron chi connectivity index (χ1n) is 4.94. The Hall–Kier alpha value is -1.36. The van der Waals surface area contributed by atoms with E-state index in [0.717, 1.165) is 18.1 Å². The number of nitrogens with one attached hydrogen (secondary N) is 1. The number of rotatable bonds is 5. The highest BCUT2D eigenvalue weighted by atomic mass is 32.2. The van der Waals surface area contributed by atoms with E-state index >= 15 is 0 Å². The molecule has 0 fully saturated rings. The van der Waals surface area contributed by atoms with Crippen LogP contribution in [0, 0.1) is 0 Å². The Morgan fingerprint density at radius 2 is 2.12 bits per heavy atom. The molecule has 0 aliphatic carbocycles. The summed E-state index contributed by atoms with van der Waals surface area (Å²) in [6, 6.07) is 7.07. The predicted molar refractivity (Wildman–Crippen MR) is 64.0 cm³/mol. The molecule has 0 spiro atoms. The highest BCUT2D eigenvalue weighted by Crippen LogP contribution is 2.21. The van der Waals surface area contributed by atoms with Crippen LogP contribution in [0.2, 0.25) is 0 Å². The zero-order chi connectivity index (χ0) is 12.2. The molecule has 88 valence electrons. The van der Waals surface area contributed by atoms with E-state index < -0.39 is 10.0 Å². The normalized spacial score (nSPS) is 13.1. The monoisotopic (exact) mass is 241 g/mol. The Morgan fingerprint density at radius 1 is 1.44 bits per heavy atom. The smallest absolute Gasteiger partial charge is 0.229 e. The van der Waals surface area contributed by atoms with Crippen LogP contribution in [0.1, 0.15) is 24.8 Å². The summed E-state index contributed by atoms with van der Waals surface area (Å²) >= 11 is 0. The molecule has 1 unspecified atom stereocenters. The van der Waals surface area contributed by atoms with Crippen molar-refractivity contribution in [3.63, 3.8) is 0 Å². The molecule has 0 aliphatic heterocycles. The number of carbonyl (C=O) groups excluding carboxylic acids is 1. The lowest BCUT2D eigenvalue weighted by Crippen LogP contribution is -2.09. The van der Waals surface area contributed by atoms with Gasteiger partial charge in [0.2, 0.25) is 10.0 Å². The van der Waals surface area contributed by atoms with E-state index in [2.05, 4.69) is 4.72 Å². The molecule has 16 heavy (non-hydrogen) atoms. The highest BCUT2D eigenvalue weighted by molar-refractivity contribution is 7.92. The van der Waals surface area contributed by atoms with Gasteiger partial charge in [-0.2, -0.15) is 0 Å². The number of sulfonamides is 1. The van der Waals surface area contributed by atoms with Gasteiger partial charge in [-0.1, -0.05) is 19.1 Å². The van der Waals surface area contributed by atoms with Crippen LogP contribution in [-0.2, 0) is 14.8 Å². The molecule has 4 nitrogen and oxygen atoms in total. The molecule has 1 aromatic carbocycles. The fourth-order valence-corrected chi connectivity index (χ4v) is 1.96. The zero-order valence-corrected chi connectivity index (χ0v) is 10.1. The maximum absolute atomic E-state index is 11.0. The van der Waals surface area contributed by atoms with Gasteiger partial charge in [0, 0.05) is 12.1 Å². The molecule has 0 saturated carbocycles. The summed E-state index contributed by atoms with van der Waals surface area (Å²) < 4.78 is 24.5. The van der Waals surface area contributed by atoms with Crippen molar-refractivity contribution in [2.24, 2.45) is 0 Å². The Morgan fingerprint density at radius 3 is 2.69 bits per heavy atom. The summed E-state index contributed by atoms with van der Waals surface area (Å²) in [6.07, 6.45) is 2.40. The number of aldehydes is 1. The molecule has 0 saturated heterocycles. The van der Waals surface area contributed by atoms with Gasteiger partial charge in [-0.25, -0.2) is 8.42 Å². The molecule has 0 amide bonds. The first-order chi connectivity index (χ1) is 7.42. The molecule has 0 aromatic heterocycles. The first kappa shape index (κ1) is 12.7. The number of hydrogen-bond acceptors (Lipinski definition) is 3. The maximum atomic E-state index is 11.0. The van der Waals surface area contributed by atoms with E-state index in [9.17, 15) is 13.2 Å². The largest absolute Gasteiger partial charge is 0.303 e. The van der Waals surface area contributed by atoms with Crippen LogP contribution in [0.5, 0.6) is 0 Å². The Labute approximate surface area is 95.7 Å². The van der Waals surface area contributed by atoms with Gasteiger partial charge < -0.3 is 4.79 Å². The Bertz CT molecular complexity index is 468. The van der Waals surface area contributed by atoms with E-state index in [0.29, 0.717) is 12.1 Å². The van der Waals surface area contributed by atoms with E-state index in [1.54, 1.807) is 18.2 Å². The molecule has 0 aliphatic rings. The number of carbonyl (C=O) groups is 1. The molecule has 5 heteroatoms. The van der Waals surface area contributed by atoms with E-state index in [-0.39, 0.29) is 5.92 Å². The second kappa shape index (κ2) is 5.12. The minimum absolute atomic E-state index is 0.0961. The minimum atomic E-state index is -3.25. The van der Waals surface area contributed by atoms with Gasteiger partial charge in [-0.3, -0.25) is 4.72 Å². The van der Waals surface area contributed by atoms with E-state index in [4.69, 9.17) is 0 Å². The standard InChI is InChI=1S/C11H15NO3S/c1-9(6-7-13)10-4-3-5-11(8-10)12-16(2,14)15/h3-5,7-9,12H,6H2,1-2H3. The third-order valence-corrected chi connectivity index (χ3v) is 2.82. The topological polar surface area (TPSA) is 63.2 Å². The summed E-state index contributed by atoms with van der Waals surface area (Å²) in [5.41, 5.74) is 1.47. The summed E-state index contributed by atoms with van der Waals surface area (Å²) in [5.74, 6) is 0.0961. The van der Waals surface area contributed by atoms with Crippen molar-refractivity contribution in [3.05, 3.63) is 29.8 Å². The lowest BCUT2D eigenvalue weighted by atomic mass is 9.98. The zero-order valence-electron chi connectivity index (χ0n) is 9.30. The summed E-state index contributed by atoms with van der Waals surface area (Å²) in [4.78, 5) is 10.4. The SMILES string of the molecule is CC(CC=O)c1cccc(NS(C)(=O)=O)c1. The first-order valence-corrected chi connectivity index (χ1v) is 6.83. The van der Waals surface area contributed by atoms with Crippen LogP contribution >= 0.6 is 0 Å². The second-order valence-electron chi connectivity index (χ2n) is 3.80. The van der Waals surface area contributed by atoms with Crippen LogP contribution in [0.15, 0.2) is 24.3 Å². The summed E-state index contributed by atoms with van der Waals surface area (Å²) in [7, 11) is -3.25. The lowest BCUT2D eigenvalue weighted by molar-refractivity contribution is -0.108. The third-order valence-electron chi connectivity index (χ3n) is 2.21. The van der Waals surface area contributed by atoms with Gasteiger partial charge in [0.1, 0.15) is 6.29 Å². The third kappa shape index (κ3) is 4.02. The van der Waals surface area contributed by atoms with Gasteiger partial charge >= 0.3 is 0 Å². The molecule has 1 aromatic rings. The van der Waals surface area contributed by atoms with Gasteiger partial charge in [-0.05, 0) is 23.6 Å². The molecule has 0 heterocycles. The van der Waals surface area contributed by atoms with Crippen LogP contribution in [-0.4, -0.2) is 21.0 Å². The van der Waals surface area contributed by atoms with Crippen molar-refractivity contribution < 1.29 is 13.2 Å². The van der Waals surface area contributed by atoms with Crippen LogP contribution in [0.3, 0.4) is 0 Å². The number of benzene rings is 1. The molecule has 0 bridgehead atoms. The second-order valence-corrected chi connectivity index (χ2v) is 5.55. The quantitative estimate of drug-likeness (QED) is 0.799. The van der Waals surface area contributed by atoms with Crippen LogP contribution in [0.4, 0.5) is 5.69 Å². The fraction of sp³-hybridized carbons (Fsp3) is 0.364. The van der Waals surface area contributed by atoms with Gasteiger partial charge in [0.25, 0.3) is 0 Å². The molecule has 1 atom stereocenters. The molecular formula is C11H15NO3S. The van der Waals surface area contributed by atoms with E-state index in [1.165, 1.54) is 0 Å². The van der Waals surface area contributed by atoms with Crippen molar-refractivity contribution in [2.75, 3.05) is 11.0 Å². The average molecular weight is 241 g/mol. The lowest BCUT2D eigenvalue weighted by Gasteiger charge is -2.10. The predicted octanol–water partition coefficient (Wildman–Crippen LogP) is 1.75. The van der Waals surface area contributed by atoms with Crippen molar-refractivity contribution in [1.29, 1.82) is 0 Å². The van der Waals surface area contributed by atoms with E-state index in [1.807, 2.05) is 13.0 Å².